The fourth-order valence-electron chi connectivity index (χ4n) is 3.27. The van der Waals surface area contributed by atoms with Gasteiger partial charge in [0.25, 0.3) is 0 Å². The zero-order valence-electron chi connectivity index (χ0n) is 16.3. The summed E-state index contributed by atoms with van der Waals surface area (Å²) in [6, 6.07) is 15.1. The minimum atomic E-state index is 0.272. The van der Waals surface area contributed by atoms with E-state index in [-0.39, 0.29) is 5.75 Å². The van der Waals surface area contributed by atoms with E-state index in [1.807, 2.05) is 54.7 Å². The molecule has 29 heavy (non-hydrogen) atoms. The number of rotatable bonds is 8. The number of likely N-dealkylation sites (tertiary alicyclic amines) is 1. The second-order valence-corrected chi connectivity index (χ2v) is 8.10. The Morgan fingerprint density at radius 2 is 1.93 bits per heavy atom. The first kappa shape index (κ1) is 19.5. The van der Waals surface area contributed by atoms with Gasteiger partial charge in [0.15, 0.2) is 5.13 Å². The maximum Gasteiger partial charge on any atom is 0.187 e. The lowest BCUT2D eigenvalue weighted by atomic mass is 10.2. The van der Waals surface area contributed by atoms with E-state index in [1.165, 1.54) is 25.9 Å². The van der Waals surface area contributed by atoms with Crippen molar-refractivity contribution in [3.05, 3.63) is 65.2 Å². The summed E-state index contributed by atoms with van der Waals surface area (Å²) < 4.78 is 5.92. The standard InChI is InChI=1S/C23H25N3O2S/c27-20-9-6-18(7-10-20)8-11-22-17-24-23(29-22)25-19-4-3-5-21(16-19)28-15-14-26-12-1-2-13-26/h3-11,16-17,27H,1-2,12-15H2,(H,24,25)/b11-8+. The molecule has 150 valence electrons. The number of thiazole rings is 1. The first-order chi connectivity index (χ1) is 14.2. The Morgan fingerprint density at radius 3 is 2.76 bits per heavy atom. The van der Waals surface area contributed by atoms with Gasteiger partial charge in [-0.05, 0) is 61.8 Å². The van der Waals surface area contributed by atoms with Crippen molar-refractivity contribution in [2.45, 2.75) is 12.8 Å². The summed E-state index contributed by atoms with van der Waals surface area (Å²) in [4.78, 5) is 7.95. The summed E-state index contributed by atoms with van der Waals surface area (Å²) in [5, 5.41) is 13.5. The average molecular weight is 408 g/mol. The lowest BCUT2D eigenvalue weighted by Crippen LogP contribution is -2.25. The van der Waals surface area contributed by atoms with E-state index in [1.54, 1.807) is 23.5 Å². The molecule has 0 unspecified atom stereocenters. The molecule has 4 rings (SSSR count). The number of nitrogens with zero attached hydrogens (tertiary/aromatic N) is 2. The summed E-state index contributed by atoms with van der Waals surface area (Å²) in [6.07, 6.45) is 8.48. The van der Waals surface area contributed by atoms with Gasteiger partial charge < -0.3 is 15.2 Å². The van der Waals surface area contributed by atoms with E-state index in [9.17, 15) is 5.11 Å². The van der Waals surface area contributed by atoms with Crippen LogP contribution in [0.25, 0.3) is 12.2 Å². The molecule has 6 heteroatoms. The van der Waals surface area contributed by atoms with Crippen LogP contribution >= 0.6 is 11.3 Å². The molecule has 0 amide bonds. The summed E-state index contributed by atoms with van der Waals surface area (Å²) in [5.74, 6) is 1.15. The third-order valence-electron chi connectivity index (χ3n) is 4.82. The second-order valence-electron chi connectivity index (χ2n) is 7.04. The smallest absolute Gasteiger partial charge is 0.187 e. The van der Waals surface area contributed by atoms with Gasteiger partial charge in [0, 0.05) is 29.4 Å². The number of hydrogen-bond donors (Lipinski definition) is 2. The molecule has 0 saturated carbocycles. The molecule has 0 radical (unpaired) electrons. The number of aromatic hydroxyl groups is 1. The van der Waals surface area contributed by atoms with E-state index in [0.29, 0.717) is 6.61 Å². The number of nitrogens with one attached hydrogen (secondary N) is 1. The molecule has 1 aromatic heterocycles. The number of hydrogen-bond acceptors (Lipinski definition) is 6. The zero-order valence-corrected chi connectivity index (χ0v) is 17.1. The lowest BCUT2D eigenvalue weighted by molar-refractivity contribution is 0.238. The molecule has 1 aliphatic heterocycles. The van der Waals surface area contributed by atoms with Crippen molar-refractivity contribution in [3.8, 4) is 11.5 Å². The third kappa shape index (κ3) is 5.82. The molecule has 5 nitrogen and oxygen atoms in total. The number of benzene rings is 2. The monoisotopic (exact) mass is 407 g/mol. The van der Waals surface area contributed by atoms with Gasteiger partial charge in [-0.25, -0.2) is 4.98 Å². The normalized spacial score (nSPS) is 14.5. The van der Waals surface area contributed by atoms with Crippen LogP contribution in [0.3, 0.4) is 0 Å². The molecule has 2 heterocycles. The van der Waals surface area contributed by atoms with Crippen molar-refractivity contribution >= 4 is 34.3 Å². The molecular weight excluding hydrogens is 382 g/mol. The fraction of sp³-hybridized carbons (Fsp3) is 0.261. The molecule has 1 fully saturated rings. The highest BCUT2D eigenvalue weighted by Gasteiger charge is 2.10. The Morgan fingerprint density at radius 1 is 1.10 bits per heavy atom. The number of anilines is 2. The van der Waals surface area contributed by atoms with Gasteiger partial charge in [-0.15, -0.1) is 0 Å². The molecule has 3 aromatic rings. The van der Waals surface area contributed by atoms with Crippen LogP contribution in [0.4, 0.5) is 10.8 Å². The minimum absolute atomic E-state index is 0.272. The highest BCUT2D eigenvalue weighted by Crippen LogP contribution is 2.26. The SMILES string of the molecule is Oc1ccc(/C=C/c2cnc(Nc3cccc(OCCN4CCCC4)c3)s2)cc1. The summed E-state index contributed by atoms with van der Waals surface area (Å²) >= 11 is 1.58. The molecule has 0 aliphatic carbocycles. The van der Waals surface area contributed by atoms with Gasteiger partial charge in [-0.2, -0.15) is 0 Å². The van der Waals surface area contributed by atoms with Crippen molar-refractivity contribution < 1.29 is 9.84 Å². The maximum atomic E-state index is 9.35. The molecule has 0 atom stereocenters. The number of ether oxygens (including phenoxy) is 1. The zero-order chi connectivity index (χ0) is 19.9. The van der Waals surface area contributed by atoms with Gasteiger partial charge >= 0.3 is 0 Å². The second kappa shape index (κ2) is 9.58. The number of phenols is 1. The number of phenolic OH excluding ortho intramolecular Hbond substituents is 1. The van der Waals surface area contributed by atoms with E-state index >= 15 is 0 Å². The lowest BCUT2D eigenvalue weighted by Gasteiger charge is -2.15. The summed E-state index contributed by atoms with van der Waals surface area (Å²) in [6.45, 7) is 4.09. The Hall–Kier alpha value is -2.83. The highest BCUT2D eigenvalue weighted by atomic mass is 32.1. The van der Waals surface area contributed by atoms with E-state index in [4.69, 9.17) is 4.74 Å². The number of aromatic nitrogens is 1. The van der Waals surface area contributed by atoms with Crippen LogP contribution in [-0.4, -0.2) is 41.2 Å². The average Bonchev–Trinajstić information content (AvgIpc) is 3.40. The molecule has 1 saturated heterocycles. The Bertz CT molecular complexity index is 947. The van der Waals surface area contributed by atoms with Crippen LogP contribution in [0.15, 0.2) is 54.7 Å². The van der Waals surface area contributed by atoms with Crippen LogP contribution in [0.1, 0.15) is 23.3 Å². The van der Waals surface area contributed by atoms with Crippen LogP contribution in [0.5, 0.6) is 11.5 Å². The maximum absolute atomic E-state index is 9.35. The van der Waals surface area contributed by atoms with Crippen molar-refractivity contribution in [2.75, 3.05) is 31.6 Å². The molecule has 0 bridgehead atoms. The highest BCUT2D eigenvalue weighted by molar-refractivity contribution is 7.16. The third-order valence-corrected chi connectivity index (χ3v) is 5.69. The van der Waals surface area contributed by atoms with Gasteiger partial charge in [-0.3, -0.25) is 4.90 Å². The Labute approximate surface area is 175 Å². The summed E-state index contributed by atoms with van der Waals surface area (Å²) in [7, 11) is 0. The predicted octanol–water partition coefficient (Wildman–Crippen LogP) is 5.24. The van der Waals surface area contributed by atoms with Crippen LogP contribution in [-0.2, 0) is 0 Å². The van der Waals surface area contributed by atoms with Crippen LogP contribution < -0.4 is 10.1 Å². The van der Waals surface area contributed by atoms with Gasteiger partial charge in [0.1, 0.15) is 18.1 Å². The first-order valence-electron chi connectivity index (χ1n) is 9.90. The Balaban J connectivity index is 1.31. The van der Waals surface area contributed by atoms with E-state index in [0.717, 1.165) is 33.6 Å². The van der Waals surface area contributed by atoms with Crippen LogP contribution in [0, 0.1) is 0 Å². The molecule has 0 spiro atoms. The van der Waals surface area contributed by atoms with Crippen molar-refractivity contribution in [2.24, 2.45) is 0 Å². The Kier molecular flexibility index (Phi) is 6.44. The predicted molar refractivity (Wildman–Crippen MR) is 120 cm³/mol. The van der Waals surface area contributed by atoms with Gasteiger partial charge in [-0.1, -0.05) is 35.6 Å². The van der Waals surface area contributed by atoms with Crippen molar-refractivity contribution in [3.63, 3.8) is 0 Å². The summed E-state index contributed by atoms with van der Waals surface area (Å²) in [5.41, 5.74) is 2.00. The quantitative estimate of drug-likeness (QED) is 0.535. The van der Waals surface area contributed by atoms with Gasteiger partial charge in [0.2, 0.25) is 0 Å². The fourth-order valence-corrected chi connectivity index (χ4v) is 4.01. The molecule has 2 N–H and O–H groups in total. The topological polar surface area (TPSA) is 57.6 Å². The molecular formula is C23H25N3O2S. The largest absolute Gasteiger partial charge is 0.508 e. The molecule has 1 aliphatic rings. The van der Waals surface area contributed by atoms with Crippen LogP contribution in [0.2, 0.25) is 0 Å². The van der Waals surface area contributed by atoms with Gasteiger partial charge in [0.05, 0.1) is 0 Å². The van der Waals surface area contributed by atoms with E-state index in [2.05, 4.69) is 15.2 Å². The van der Waals surface area contributed by atoms with Crippen molar-refractivity contribution in [1.29, 1.82) is 0 Å². The minimum Gasteiger partial charge on any atom is -0.508 e. The first-order valence-corrected chi connectivity index (χ1v) is 10.7. The van der Waals surface area contributed by atoms with E-state index < -0.39 is 0 Å². The molecule has 2 aromatic carbocycles. The van der Waals surface area contributed by atoms with Crippen molar-refractivity contribution in [1.82, 2.24) is 9.88 Å².